The fourth-order valence-electron chi connectivity index (χ4n) is 3.18. The number of fused-ring (bicyclic) bond motifs is 1. The first-order valence-corrected chi connectivity index (χ1v) is 8.35. The lowest BCUT2D eigenvalue weighted by Crippen LogP contribution is -2.35. The van der Waals surface area contributed by atoms with Gasteiger partial charge in [0, 0.05) is 36.8 Å². The van der Waals surface area contributed by atoms with Crippen molar-refractivity contribution in [3.8, 4) is 17.3 Å². The van der Waals surface area contributed by atoms with Gasteiger partial charge >= 0.3 is 0 Å². The minimum atomic E-state index is -0.301. The van der Waals surface area contributed by atoms with Gasteiger partial charge in [0.2, 0.25) is 0 Å². The van der Waals surface area contributed by atoms with Crippen molar-refractivity contribution in [2.24, 2.45) is 0 Å². The second-order valence-electron chi connectivity index (χ2n) is 6.24. The zero-order valence-corrected chi connectivity index (χ0v) is 14.3. The highest BCUT2D eigenvalue weighted by atomic mass is 19.1. The van der Waals surface area contributed by atoms with Crippen LogP contribution >= 0.6 is 0 Å². The number of aromatic amines is 1. The Morgan fingerprint density at radius 3 is 3.00 bits per heavy atom. The third-order valence-electron chi connectivity index (χ3n) is 4.56. The number of halogens is 1. The molecule has 3 aromatic rings. The number of furan rings is 1. The average molecular weight is 355 g/mol. The maximum absolute atomic E-state index is 14.2. The Morgan fingerprint density at radius 1 is 1.38 bits per heavy atom. The van der Waals surface area contributed by atoms with Crippen molar-refractivity contribution in [3.63, 3.8) is 0 Å². The number of hydrogen-bond donors (Lipinski definition) is 1. The molecule has 1 aliphatic rings. The van der Waals surface area contributed by atoms with Crippen LogP contribution in [0.4, 0.5) is 4.39 Å². The van der Waals surface area contributed by atoms with E-state index in [9.17, 15) is 9.18 Å². The zero-order chi connectivity index (χ0) is 18.1. The Labute approximate surface area is 149 Å². The number of H-pyrrole nitrogens is 1. The number of aromatic nitrogens is 2. The number of benzene rings is 1. The van der Waals surface area contributed by atoms with Gasteiger partial charge in [-0.1, -0.05) is 6.07 Å². The highest BCUT2D eigenvalue weighted by Gasteiger charge is 2.22. The average Bonchev–Trinajstić information content (AvgIpc) is 3.18. The Balaban J connectivity index is 1.58. The van der Waals surface area contributed by atoms with Crippen LogP contribution in [-0.2, 0) is 19.5 Å². The normalized spacial score (nSPS) is 14.2. The molecule has 0 radical (unpaired) electrons. The highest BCUT2D eigenvalue weighted by molar-refractivity contribution is 5.47. The summed E-state index contributed by atoms with van der Waals surface area (Å²) in [4.78, 5) is 21.7. The largest absolute Gasteiger partial charge is 0.497 e. The second kappa shape index (κ2) is 6.76. The van der Waals surface area contributed by atoms with Crippen molar-refractivity contribution in [1.82, 2.24) is 14.9 Å². The molecule has 7 heteroatoms. The number of nitrogens with zero attached hydrogens (tertiary/aromatic N) is 2. The molecular formula is C19H18FN3O3. The molecule has 6 nitrogen and oxygen atoms in total. The Hall–Kier alpha value is -2.93. The standard InChI is InChI=1S/C19H18FN3O3/c1-25-13-5-4-12(15(20)9-13)10-23-7-6-14-16(11-23)21-18(22-19(14)24)17-3-2-8-26-17/h2-5,8-9H,6-7,10-11H2,1H3,(H,21,22,24). The molecule has 1 N–H and O–H groups in total. The Kier molecular flexibility index (Phi) is 4.30. The lowest BCUT2D eigenvalue weighted by atomic mass is 10.1. The van der Waals surface area contributed by atoms with Gasteiger partial charge in [-0.25, -0.2) is 9.37 Å². The van der Waals surface area contributed by atoms with E-state index >= 15 is 0 Å². The van der Waals surface area contributed by atoms with E-state index in [1.807, 2.05) is 0 Å². The lowest BCUT2D eigenvalue weighted by Gasteiger charge is -2.27. The predicted octanol–water partition coefficient (Wildman–Crippen LogP) is 2.74. The van der Waals surface area contributed by atoms with Gasteiger partial charge in [0.1, 0.15) is 11.6 Å². The van der Waals surface area contributed by atoms with E-state index < -0.39 is 0 Å². The van der Waals surface area contributed by atoms with Crippen LogP contribution in [0, 0.1) is 5.82 Å². The van der Waals surface area contributed by atoms with Crippen LogP contribution in [0.25, 0.3) is 11.6 Å². The fourth-order valence-corrected chi connectivity index (χ4v) is 3.18. The van der Waals surface area contributed by atoms with Gasteiger partial charge in [0.25, 0.3) is 5.56 Å². The smallest absolute Gasteiger partial charge is 0.254 e. The second-order valence-corrected chi connectivity index (χ2v) is 6.24. The van der Waals surface area contributed by atoms with Crippen molar-refractivity contribution < 1.29 is 13.5 Å². The quantitative estimate of drug-likeness (QED) is 0.779. The van der Waals surface area contributed by atoms with Crippen LogP contribution in [0.5, 0.6) is 5.75 Å². The van der Waals surface area contributed by atoms with Crippen molar-refractivity contribution in [2.45, 2.75) is 19.5 Å². The van der Waals surface area contributed by atoms with E-state index in [1.54, 1.807) is 24.3 Å². The highest BCUT2D eigenvalue weighted by Crippen LogP contribution is 2.22. The summed E-state index contributed by atoms with van der Waals surface area (Å²) >= 11 is 0. The van der Waals surface area contributed by atoms with E-state index in [4.69, 9.17) is 9.15 Å². The topological polar surface area (TPSA) is 71.4 Å². The molecule has 0 saturated heterocycles. The SMILES string of the molecule is COc1ccc(CN2CCc3c(nc(-c4ccco4)[nH]c3=O)C2)c(F)c1. The van der Waals surface area contributed by atoms with Crippen molar-refractivity contribution in [2.75, 3.05) is 13.7 Å². The first-order valence-electron chi connectivity index (χ1n) is 8.35. The van der Waals surface area contributed by atoms with Gasteiger partial charge in [0.15, 0.2) is 11.6 Å². The molecule has 1 aromatic carbocycles. The molecule has 3 heterocycles. The summed E-state index contributed by atoms with van der Waals surface area (Å²) in [5, 5.41) is 0. The predicted molar refractivity (Wildman–Crippen MR) is 93.3 cm³/mol. The Bertz CT molecular complexity index is 982. The molecular weight excluding hydrogens is 337 g/mol. The molecule has 0 fully saturated rings. The molecule has 0 saturated carbocycles. The molecule has 0 spiro atoms. The van der Waals surface area contributed by atoms with Crippen LogP contribution < -0.4 is 10.3 Å². The van der Waals surface area contributed by atoms with Crippen molar-refractivity contribution >= 4 is 0 Å². The maximum Gasteiger partial charge on any atom is 0.254 e. The first-order chi connectivity index (χ1) is 12.6. The summed E-state index contributed by atoms with van der Waals surface area (Å²) in [5.41, 5.74) is 1.84. The molecule has 1 aliphatic heterocycles. The zero-order valence-electron chi connectivity index (χ0n) is 14.3. The van der Waals surface area contributed by atoms with Crippen molar-refractivity contribution in [3.05, 3.63) is 69.6 Å². The van der Waals surface area contributed by atoms with Crippen LogP contribution in [0.1, 0.15) is 16.8 Å². The molecule has 0 aliphatic carbocycles. The maximum atomic E-state index is 14.2. The third kappa shape index (κ3) is 3.13. The molecule has 0 atom stereocenters. The monoisotopic (exact) mass is 355 g/mol. The van der Waals surface area contributed by atoms with Gasteiger partial charge in [-0.3, -0.25) is 9.69 Å². The van der Waals surface area contributed by atoms with Crippen LogP contribution in [-0.4, -0.2) is 28.5 Å². The number of methoxy groups -OCH3 is 1. The number of ether oxygens (including phenoxy) is 1. The van der Waals surface area contributed by atoms with E-state index in [1.165, 1.54) is 19.4 Å². The molecule has 4 rings (SSSR count). The van der Waals surface area contributed by atoms with Crippen LogP contribution in [0.3, 0.4) is 0 Å². The summed E-state index contributed by atoms with van der Waals surface area (Å²) in [7, 11) is 1.51. The van der Waals surface area contributed by atoms with Gasteiger partial charge in [-0.2, -0.15) is 0 Å². The summed E-state index contributed by atoms with van der Waals surface area (Å²) in [6.07, 6.45) is 2.11. The third-order valence-corrected chi connectivity index (χ3v) is 4.56. The number of hydrogen-bond acceptors (Lipinski definition) is 5. The van der Waals surface area contributed by atoms with E-state index in [0.29, 0.717) is 60.2 Å². The minimum Gasteiger partial charge on any atom is -0.497 e. The molecule has 0 amide bonds. The lowest BCUT2D eigenvalue weighted by molar-refractivity contribution is 0.237. The molecule has 26 heavy (non-hydrogen) atoms. The van der Waals surface area contributed by atoms with Gasteiger partial charge in [-0.15, -0.1) is 0 Å². The molecule has 0 unspecified atom stereocenters. The van der Waals surface area contributed by atoms with Gasteiger partial charge in [0.05, 0.1) is 19.1 Å². The molecule has 134 valence electrons. The van der Waals surface area contributed by atoms with Crippen LogP contribution in [0.15, 0.2) is 45.8 Å². The molecule has 0 bridgehead atoms. The first kappa shape index (κ1) is 16.5. The summed E-state index contributed by atoms with van der Waals surface area (Å²) in [6, 6.07) is 8.34. The summed E-state index contributed by atoms with van der Waals surface area (Å²) in [6.45, 7) is 1.60. The minimum absolute atomic E-state index is 0.142. The van der Waals surface area contributed by atoms with Crippen LogP contribution in [0.2, 0.25) is 0 Å². The number of nitrogens with one attached hydrogen (secondary N) is 1. The Morgan fingerprint density at radius 2 is 2.27 bits per heavy atom. The molecule has 2 aromatic heterocycles. The van der Waals surface area contributed by atoms with E-state index in [0.717, 1.165) is 0 Å². The summed E-state index contributed by atoms with van der Waals surface area (Å²) in [5.74, 6) is 1.12. The van der Waals surface area contributed by atoms with Crippen molar-refractivity contribution in [1.29, 1.82) is 0 Å². The number of rotatable bonds is 4. The fraction of sp³-hybridized carbons (Fsp3) is 0.263. The van der Waals surface area contributed by atoms with Gasteiger partial charge in [-0.05, 0) is 24.6 Å². The van der Waals surface area contributed by atoms with E-state index in [2.05, 4.69) is 14.9 Å². The van der Waals surface area contributed by atoms with E-state index in [-0.39, 0.29) is 11.4 Å². The summed E-state index contributed by atoms with van der Waals surface area (Å²) < 4.78 is 24.6. The van der Waals surface area contributed by atoms with Gasteiger partial charge < -0.3 is 14.1 Å².